The molecule has 6 heteroatoms. The van der Waals surface area contributed by atoms with Crippen LogP contribution in [-0.2, 0) is 16.1 Å². The van der Waals surface area contributed by atoms with E-state index in [4.69, 9.17) is 10.5 Å². The number of carbonyl (C=O) groups is 2. The van der Waals surface area contributed by atoms with E-state index >= 15 is 0 Å². The van der Waals surface area contributed by atoms with Gasteiger partial charge in [0.15, 0.2) is 0 Å². The van der Waals surface area contributed by atoms with E-state index in [9.17, 15) is 9.59 Å². The number of methoxy groups -OCH3 is 1. The van der Waals surface area contributed by atoms with Gasteiger partial charge in [0.25, 0.3) is 5.91 Å². The Morgan fingerprint density at radius 3 is 2.06 bits per heavy atom. The number of ether oxygens (including phenoxy) is 1. The normalized spacial score (nSPS) is 12.1. The van der Waals surface area contributed by atoms with E-state index in [0.717, 1.165) is 16.9 Å². The molecule has 0 aliphatic rings. The summed E-state index contributed by atoms with van der Waals surface area (Å²) in [5.74, 6) is 1.12. The summed E-state index contributed by atoms with van der Waals surface area (Å²) in [6.07, 6.45) is 0. The quantitative estimate of drug-likeness (QED) is 0.467. The molecule has 0 saturated heterocycles. The summed E-state index contributed by atoms with van der Waals surface area (Å²) in [6, 6.07) is 25.8. The first-order valence-corrected chi connectivity index (χ1v) is 11.9. The van der Waals surface area contributed by atoms with Crippen LogP contribution in [0, 0.1) is 0 Å². The summed E-state index contributed by atoms with van der Waals surface area (Å²) in [4.78, 5) is 28.0. The van der Waals surface area contributed by atoms with Gasteiger partial charge in [0.1, 0.15) is 11.8 Å². The van der Waals surface area contributed by atoms with Gasteiger partial charge in [-0.2, -0.15) is 11.8 Å². The average molecular weight is 463 g/mol. The Kier molecular flexibility index (Phi) is 8.17. The van der Waals surface area contributed by atoms with Gasteiger partial charge in [0, 0.05) is 17.1 Å². The van der Waals surface area contributed by atoms with Crippen molar-refractivity contribution < 1.29 is 14.3 Å². The van der Waals surface area contributed by atoms with Crippen LogP contribution in [0.1, 0.15) is 35.3 Å². The maximum Gasteiger partial charge on any atom is 0.255 e. The molecule has 0 fully saturated rings. The third-order valence-corrected chi connectivity index (χ3v) is 6.75. The molecule has 2 amide bonds. The Morgan fingerprint density at radius 1 is 0.939 bits per heavy atom. The molecule has 0 aromatic heterocycles. The molecule has 3 rings (SSSR count). The first kappa shape index (κ1) is 24.4. The smallest absolute Gasteiger partial charge is 0.255 e. The second-order valence-corrected chi connectivity index (χ2v) is 9.28. The molecule has 33 heavy (non-hydrogen) atoms. The predicted octanol–water partition coefficient (Wildman–Crippen LogP) is 4.86. The molecule has 0 aliphatic carbocycles. The van der Waals surface area contributed by atoms with Crippen molar-refractivity contribution >= 4 is 23.6 Å². The second kappa shape index (κ2) is 11.1. The molecule has 0 aliphatic heterocycles. The number of nitrogens with two attached hydrogens (primary N) is 1. The van der Waals surface area contributed by atoms with Gasteiger partial charge in [-0.3, -0.25) is 9.59 Å². The van der Waals surface area contributed by atoms with Crippen LogP contribution >= 0.6 is 11.8 Å². The lowest BCUT2D eigenvalue weighted by Gasteiger charge is -2.43. The fourth-order valence-corrected chi connectivity index (χ4v) is 4.87. The van der Waals surface area contributed by atoms with Gasteiger partial charge in [-0.1, -0.05) is 60.7 Å². The summed E-state index contributed by atoms with van der Waals surface area (Å²) in [6.45, 7) is 3.90. The standard InChI is InChI=1S/C27H30N2O3S/c1-27(2,22-12-8-5-9-13-22)29(26(31)21-10-6-4-7-11-21)24(25(28)30)19-33-18-20-14-16-23(32-3)17-15-20/h4-17,24H,18-19H2,1-3H3,(H2,28,30)/t24-/m0/s1. The number of thioether (sulfide) groups is 1. The van der Waals surface area contributed by atoms with Crippen molar-refractivity contribution in [2.45, 2.75) is 31.2 Å². The highest BCUT2D eigenvalue weighted by Gasteiger charge is 2.40. The summed E-state index contributed by atoms with van der Waals surface area (Å²) >= 11 is 1.57. The summed E-state index contributed by atoms with van der Waals surface area (Å²) in [7, 11) is 1.63. The zero-order valence-electron chi connectivity index (χ0n) is 19.2. The van der Waals surface area contributed by atoms with Crippen LogP contribution in [0.15, 0.2) is 84.9 Å². The van der Waals surface area contributed by atoms with Crippen LogP contribution in [-0.4, -0.2) is 35.6 Å². The molecule has 0 unspecified atom stereocenters. The van der Waals surface area contributed by atoms with Crippen molar-refractivity contribution in [3.05, 3.63) is 102 Å². The highest BCUT2D eigenvalue weighted by atomic mass is 32.2. The van der Waals surface area contributed by atoms with Gasteiger partial charge in [0.2, 0.25) is 5.91 Å². The third kappa shape index (κ3) is 5.96. The molecular weight excluding hydrogens is 432 g/mol. The van der Waals surface area contributed by atoms with Crippen molar-refractivity contribution in [3.8, 4) is 5.75 Å². The molecule has 3 aromatic carbocycles. The van der Waals surface area contributed by atoms with Crippen molar-refractivity contribution in [1.29, 1.82) is 0 Å². The fraction of sp³-hybridized carbons (Fsp3) is 0.259. The number of carbonyl (C=O) groups excluding carboxylic acids is 2. The molecule has 1 atom stereocenters. The molecule has 0 saturated carbocycles. The van der Waals surface area contributed by atoms with Crippen molar-refractivity contribution in [1.82, 2.24) is 4.90 Å². The van der Waals surface area contributed by atoms with Gasteiger partial charge in [-0.15, -0.1) is 0 Å². The predicted molar refractivity (Wildman–Crippen MR) is 134 cm³/mol. The third-order valence-electron chi connectivity index (χ3n) is 5.67. The Morgan fingerprint density at radius 2 is 1.52 bits per heavy atom. The molecule has 3 aromatic rings. The monoisotopic (exact) mass is 462 g/mol. The van der Waals surface area contributed by atoms with Crippen molar-refractivity contribution in [2.24, 2.45) is 5.73 Å². The lowest BCUT2D eigenvalue weighted by Crippen LogP contribution is -2.57. The first-order chi connectivity index (χ1) is 15.8. The molecule has 0 bridgehead atoms. The number of hydrogen-bond donors (Lipinski definition) is 1. The fourth-order valence-electron chi connectivity index (χ4n) is 3.78. The molecule has 0 heterocycles. The zero-order chi connectivity index (χ0) is 23.8. The number of nitrogens with zero attached hydrogens (tertiary/aromatic N) is 1. The van der Waals surface area contributed by atoms with Crippen LogP contribution in [0.3, 0.4) is 0 Å². The van der Waals surface area contributed by atoms with E-state index in [1.807, 2.05) is 86.6 Å². The summed E-state index contributed by atoms with van der Waals surface area (Å²) < 4.78 is 5.21. The molecular formula is C27H30N2O3S. The summed E-state index contributed by atoms with van der Waals surface area (Å²) in [5.41, 5.74) is 7.68. The van der Waals surface area contributed by atoms with E-state index in [1.54, 1.807) is 35.9 Å². The first-order valence-electron chi connectivity index (χ1n) is 10.8. The molecule has 0 spiro atoms. The maximum absolute atomic E-state index is 13.7. The molecule has 172 valence electrons. The largest absolute Gasteiger partial charge is 0.497 e. The lowest BCUT2D eigenvalue weighted by atomic mass is 9.89. The molecule has 5 nitrogen and oxygen atoms in total. The molecule has 0 radical (unpaired) electrons. The number of benzene rings is 3. The Bertz CT molecular complexity index is 1050. The highest BCUT2D eigenvalue weighted by Crippen LogP contribution is 2.33. The van der Waals surface area contributed by atoms with Crippen LogP contribution in [0.2, 0.25) is 0 Å². The van der Waals surface area contributed by atoms with Crippen LogP contribution in [0.25, 0.3) is 0 Å². The van der Waals surface area contributed by atoms with E-state index in [2.05, 4.69) is 0 Å². The van der Waals surface area contributed by atoms with Crippen LogP contribution < -0.4 is 10.5 Å². The van der Waals surface area contributed by atoms with Gasteiger partial charge in [-0.05, 0) is 49.2 Å². The summed E-state index contributed by atoms with van der Waals surface area (Å²) in [5, 5.41) is 0. The van der Waals surface area contributed by atoms with Gasteiger partial charge in [0.05, 0.1) is 12.6 Å². The van der Waals surface area contributed by atoms with E-state index in [-0.39, 0.29) is 5.91 Å². The van der Waals surface area contributed by atoms with E-state index in [0.29, 0.717) is 17.1 Å². The minimum Gasteiger partial charge on any atom is -0.497 e. The maximum atomic E-state index is 13.7. The number of primary amides is 1. The minimum atomic E-state index is -0.781. The van der Waals surface area contributed by atoms with Gasteiger partial charge in [-0.25, -0.2) is 0 Å². The number of rotatable bonds is 10. The molecule has 2 N–H and O–H groups in total. The topological polar surface area (TPSA) is 72.6 Å². The Hall–Kier alpha value is -3.25. The number of hydrogen-bond acceptors (Lipinski definition) is 4. The SMILES string of the molecule is COc1ccc(CSC[C@@H](C(N)=O)N(C(=O)c2ccccc2)C(C)(C)c2ccccc2)cc1. The van der Waals surface area contributed by atoms with Crippen LogP contribution in [0.5, 0.6) is 5.75 Å². The van der Waals surface area contributed by atoms with E-state index < -0.39 is 17.5 Å². The second-order valence-electron chi connectivity index (χ2n) is 8.25. The van der Waals surface area contributed by atoms with Gasteiger partial charge >= 0.3 is 0 Å². The highest BCUT2D eigenvalue weighted by molar-refractivity contribution is 7.98. The number of amides is 2. The van der Waals surface area contributed by atoms with Gasteiger partial charge < -0.3 is 15.4 Å². The average Bonchev–Trinajstić information content (AvgIpc) is 2.84. The zero-order valence-corrected chi connectivity index (χ0v) is 20.0. The minimum absolute atomic E-state index is 0.224. The van der Waals surface area contributed by atoms with Crippen molar-refractivity contribution in [3.63, 3.8) is 0 Å². The Balaban J connectivity index is 1.89. The van der Waals surface area contributed by atoms with Crippen LogP contribution in [0.4, 0.5) is 0 Å². The lowest BCUT2D eigenvalue weighted by molar-refractivity contribution is -0.123. The van der Waals surface area contributed by atoms with Crippen molar-refractivity contribution in [2.75, 3.05) is 12.9 Å². The van der Waals surface area contributed by atoms with E-state index in [1.165, 1.54) is 0 Å². The Labute approximate surface area is 199 Å².